The predicted octanol–water partition coefficient (Wildman–Crippen LogP) is 2.21. The number of piperidine rings is 1. The van der Waals surface area contributed by atoms with Gasteiger partial charge >= 0.3 is 0 Å². The normalized spacial score (nSPS) is 21.7. The van der Waals surface area contributed by atoms with Crippen LogP contribution in [0.1, 0.15) is 44.9 Å². The van der Waals surface area contributed by atoms with Gasteiger partial charge in [-0.2, -0.15) is 5.26 Å². The van der Waals surface area contributed by atoms with Crippen LogP contribution in [0.2, 0.25) is 0 Å². The van der Waals surface area contributed by atoms with Gasteiger partial charge in [0, 0.05) is 32.4 Å². The van der Waals surface area contributed by atoms with Crippen molar-refractivity contribution in [1.29, 1.82) is 5.26 Å². The molecular weight excluding hydrogens is 288 g/mol. The zero-order valence-electron chi connectivity index (χ0n) is 14.8. The zero-order chi connectivity index (χ0) is 16.8. The minimum atomic E-state index is -0.126. The van der Waals surface area contributed by atoms with Crippen molar-refractivity contribution in [2.45, 2.75) is 57.0 Å². The molecule has 1 saturated carbocycles. The molecule has 23 heavy (non-hydrogen) atoms. The summed E-state index contributed by atoms with van der Waals surface area (Å²) in [7, 11) is 5.97. The highest BCUT2D eigenvalue weighted by Gasteiger charge is 2.26. The van der Waals surface area contributed by atoms with Gasteiger partial charge in [-0.15, -0.1) is 0 Å². The lowest BCUT2D eigenvalue weighted by atomic mass is 9.94. The number of nitrogens with zero attached hydrogens (tertiary/aromatic N) is 4. The first-order valence-corrected chi connectivity index (χ1v) is 8.82. The van der Waals surface area contributed by atoms with Crippen LogP contribution in [0.5, 0.6) is 0 Å². The van der Waals surface area contributed by atoms with E-state index in [1.54, 1.807) is 11.1 Å². The third-order valence-electron chi connectivity index (χ3n) is 5.39. The number of likely N-dealkylation sites (N-methyl/N-ethyl adjacent to an activating group) is 1. The molecule has 1 aliphatic heterocycles. The number of hydrogen-bond acceptors (Lipinski definition) is 4. The van der Waals surface area contributed by atoms with E-state index in [4.69, 9.17) is 0 Å². The second-order valence-electron chi connectivity index (χ2n) is 7.06. The van der Waals surface area contributed by atoms with Crippen molar-refractivity contribution in [1.82, 2.24) is 14.7 Å². The van der Waals surface area contributed by atoms with Crippen molar-refractivity contribution in [3.05, 3.63) is 11.8 Å². The minimum Gasteiger partial charge on any atom is -0.376 e. The van der Waals surface area contributed by atoms with Crippen molar-refractivity contribution in [3.63, 3.8) is 0 Å². The van der Waals surface area contributed by atoms with Gasteiger partial charge in [0.1, 0.15) is 11.6 Å². The molecule has 2 rings (SSSR count). The van der Waals surface area contributed by atoms with E-state index in [-0.39, 0.29) is 11.5 Å². The smallest absolute Gasteiger partial charge is 0.265 e. The molecule has 1 amide bonds. The van der Waals surface area contributed by atoms with E-state index in [9.17, 15) is 10.1 Å². The third kappa shape index (κ3) is 4.71. The summed E-state index contributed by atoms with van der Waals surface area (Å²) < 4.78 is 0. The van der Waals surface area contributed by atoms with Crippen LogP contribution in [-0.2, 0) is 4.79 Å². The molecule has 1 saturated heterocycles. The largest absolute Gasteiger partial charge is 0.376 e. The summed E-state index contributed by atoms with van der Waals surface area (Å²) in [5, 5.41) is 9.43. The fraction of sp³-hybridized carbons (Fsp3) is 0.778. The number of carbonyl (C=O) groups excluding carboxylic acids is 1. The Morgan fingerprint density at radius 3 is 2.26 bits per heavy atom. The molecule has 0 aromatic heterocycles. The molecule has 5 heteroatoms. The Bertz CT molecular complexity index is 468. The molecule has 1 heterocycles. The zero-order valence-corrected chi connectivity index (χ0v) is 14.8. The molecule has 0 aromatic carbocycles. The lowest BCUT2D eigenvalue weighted by Gasteiger charge is -2.35. The molecule has 0 bridgehead atoms. The van der Waals surface area contributed by atoms with E-state index in [1.807, 2.05) is 14.1 Å². The van der Waals surface area contributed by atoms with Gasteiger partial charge in [-0.25, -0.2) is 0 Å². The Morgan fingerprint density at radius 1 is 1.09 bits per heavy atom. The Morgan fingerprint density at radius 2 is 1.70 bits per heavy atom. The molecule has 0 N–H and O–H groups in total. The maximum Gasteiger partial charge on any atom is 0.265 e. The summed E-state index contributed by atoms with van der Waals surface area (Å²) in [5.74, 6) is -0.126. The fourth-order valence-electron chi connectivity index (χ4n) is 3.67. The Labute approximate surface area is 140 Å². The van der Waals surface area contributed by atoms with Crippen LogP contribution >= 0.6 is 0 Å². The standard InChI is InChI=1S/C18H30N4O/c1-20-11-9-16(10-12-20)21(2)14-15(13-19)18(23)22(3)17-7-5-4-6-8-17/h14,16-17H,4-12H2,1-3H3/b15-14-. The van der Waals surface area contributed by atoms with Crippen molar-refractivity contribution >= 4 is 5.91 Å². The molecular formula is C18H30N4O. The molecule has 0 aromatic rings. The van der Waals surface area contributed by atoms with Gasteiger partial charge in [-0.05, 0) is 45.8 Å². The molecule has 128 valence electrons. The van der Waals surface area contributed by atoms with E-state index < -0.39 is 0 Å². The van der Waals surface area contributed by atoms with Gasteiger partial charge in [0.15, 0.2) is 0 Å². The molecule has 0 spiro atoms. The van der Waals surface area contributed by atoms with Crippen molar-refractivity contribution in [2.75, 3.05) is 34.2 Å². The van der Waals surface area contributed by atoms with Crippen LogP contribution in [0.25, 0.3) is 0 Å². The molecule has 0 atom stereocenters. The topological polar surface area (TPSA) is 50.6 Å². The quantitative estimate of drug-likeness (QED) is 0.589. The highest BCUT2D eigenvalue weighted by molar-refractivity contribution is 5.97. The van der Waals surface area contributed by atoms with Gasteiger partial charge in [0.05, 0.1) is 0 Å². The molecule has 0 radical (unpaired) electrons. The molecule has 0 unspecified atom stereocenters. The third-order valence-corrected chi connectivity index (χ3v) is 5.39. The molecule has 1 aliphatic carbocycles. The van der Waals surface area contributed by atoms with Crippen LogP contribution < -0.4 is 0 Å². The maximum absolute atomic E-state index is 12.6. The lowest BCUT2D eigenvalue weighted by Crippen LogP contribution is -2.41. The average molecular weight is 318 g/mol. The predicted molar refractivity (Wildman–Crippen MR) is 91.6 cm³/mol. The summed E-state index contributed by atoms with van der Waals surface area (Å²) in [4.78, 5) is 18.8. The molecule has 2 aliphatic rings. The summed E-state index contributed by atoms with van der Waals surface area (Å²) in [6, 6.07) is 2.83. The van der Waals surface area contributed by atoms with Gasteiger partial charge < -0.3 is 14.7 Å². The number of carbonyl (C=O) groups is 1. The van der Waals surface area contributed by atoms with E-state index in [0.717, 1.165) is 38.8 Å². The van der Waals surface area contributed by atoms with Crippen LogP contribution in [0.15, 0.2) is 11.8 Å². The Hall–Kier alpha value is -1.54. The summed E-state index contributed by atoms with van der Waals surface area (Å²) in [5.41, 5.74) is 0.263. The first kappa shape index (κ1) is 17.8. The average Bonchev–Trinajstić information content (AvgIpc) is 2.59. The number of rotatable bonds is 4. The Balaban J connectivity index is 1.99. The number of amides is 1. The fourth-order valence-corrected chi connectivity index (χ4v) is 3.67. The number of hydrogen-bond donors (Lipinski definition) is 0. The van der Waals surface area contributed by atoms with Gasteiger partial charge in [-0.3, -0.25) is 4.79 Å². The highest BCUT2D eigenvalue weighted by atomic mass is 16.2. The summed E-state index contributed by atoms with van der Waals surface area (Å²) >= 11 is 0. The van der Waals surface area contributed by atoms with E-state index >= 15 is 0 Å². The van der Waals surface area contributed by atoms with Crippen molar-refractivity contribution in [2.24, 2.45) is 0 Å². The van der Waals surface area contributed by atoms with Crippen LogP contribution in [0.3, 0.4) is 0 Å². The van der Waals surface area contributed by atoms with E-state index in [0.29, 0.717) is 12.1 Å². The second kappa shape index (κ2) is 8.35. The van der Waals surface area contributed by atoms with Crippen LogP contribution in [0.4, 0.5) is 0 Å². The van der Waals surface area contributed by atoms with Gasteiger partial charge in [0.25, 0.3) is 5.91 Å². The van der Waals surface area contributed by atoms with Crippen LogP contribution in [0, 0.1) is 11.3 Å². The first-order valence-electron chi connectivity index (χ1n) is 8.82. The molecule has 5 nitrogen and oxygen atoms in total. The van der Waals surface area contributed by atoms with E-state index in [2.05, 4.69) is 22.9 Å². The van der Waals surface area contributed by atoms with Crippen LogP contribution in [-0.4, -0.2) is 66.9 Å². The highest BCUT2D eigenvalue weighted by Crippen LogP contribution is 2.23. The SMILES string of the molecule is CN1CCC(N(C)/C=C(/C#N)C(=O)N(C)C2CCCCC2)CC1. The lowest BCUT2D eigenvalue weighted by molar-refractivity contribution is -0.128. The monoisotopic (exact) mass is 318 g/mol. The Kier molecular flexibility index (Phi) is 6.47. The van der Waals surface area contributed by atoms with Gasteiger partial charge in [0.2, 0.25) is 0 Å². The second-order valence-corrected chi connectivity index (χ2v) is 7.06. The summed E-state index contributed by atoms with van der Waals surface area (Å²) in [6.07, 6.45) is 9.67. The number of nitriles is 1. The number of likely N-dealkylation sites (tertiary alicyclic amines) is 1. The minimum absolute atomic E-state index is 0.126. The summed E-state index contributed by atoms with van der Waals surface area (Å²) in [6.45, 7) is 2.14. The van der Waals surface area contributed by atoms with Gasteiger partial charge in [-0.1, -0.05) is 19.3 Å². The maximum atomic E-state index is 12.6. The van der Waals surface area contributed by atoms with E-state index in [1.165, 1.54) is 19.3 Å². The van der Waals surface area contributed by atoms with Crippen molar-refractivity contribution in [3.8, 4) is 6.07 Å². The molecule has 2 fully saturated rings. The van der Waals surface area contributed by atoms with Crippen molar-refractivity contribution < 1.29 is 4.79 Å². The first-order chi connectivity index (χ1) is 11.0.